The van der Waals surface area contributed by atoms with Gasteiger partial charge in [-0.2, -0.15) is 43.9 Å². The van der Waals surface area contributed by atoms with Crippen LogP contribution in [0.3, 0.4) is 0 Å². The fourth-order valence-electron chi connectivity index (χ4n) is 1.70. The number of ether oxygens (including phenoxy) is 1. The average molecular weight is 372 g/mol. The summed E-state index contributed by atoms with van der Waals surface area (Å²) in [7, 11) is 0. The molecular weight excluding hydrogens is 362 g/mol. The summed E-state index contributed by atoms with van der Waals surface area (Å²) in [4.78, 5) is 0. The van der Waals surface area contributed by atoms with Gasteiger partial charge in [-0.25, -0.2) is 0 Å². The molecule has 0 bridgehead atoms. The van der Waals surface area contributed by atoms with Crippen molar-refractivity contribution >= 4 is 0 Å². The lowest BCUT2D eigenvalue weighted by Gasteiger charge is -2.31. The topological polar surface area (TPSA) is 9.23 Å². The SMILES string of the molecule is FC(F)(F)COC(CC(F)(F)C(F)(F)C(F)(F)F)c1ccccc1. The summed E-state index contributed by atoms with van der Waals surface area (Å²) in [6.07, 6.45) is -16.1. The maximum absolute atomic E-state index is 13.4. The molecule has 138 valence electrons. The van der Waals surface area contributed by atoms with Crippen LogP contribution in [0.25, 0.3) is 0 Å². The van der Waals surface area contributed by atoms with E-state index in [2.05, 4.69) is 4.74 Å². The van der Waals surface area contributed by atoms with Crippen molar-refractivity contribution in [1.29, 1.82) is 0 Å². The van der Waals surface area contributed by atoms with E-state index in [-0.39, 0.29) is 5.56 Å². The Kier molecular flexibility index (Phi) is 5.79. The maximum atomic E-state index is 13.4. The van der Waals surface area contributed by atoms with Crippen molar-refractivity contribution < 1.29 is 48.6 Å². The normalized spacial score (nSPS) is 15.4. The molecule has 24 heavy (non-hydrogen) atoms. The van der Waals surface area contributed by atoms with Gasteiger partial charge in [0.15, 0.2) is 0 Å². The molecule has 0 radical (unpaired) electrons. The highest BCUT2D eigenvalue weighted by molar-refractivity contribution is 5.18. The number of benzene rings is 1. The number of halogens is 10. The van der Waals surface area contributed by atoms with Crippen LogP contribution in [-0.2, 0) is 4.74 Å². The second-order valence-corrected chi connectivity index (χ2v) is 4.81. The van der Waals surface area contributed by atoms with Gasteiger partial charge in [-0.1, -0.05) is 30.3 Å². The van der Waals surface area contributed by atoms with Crippen LogP contribution in [0.5, 0.6) is 0 Å². The Hall–Kier alpha value is -1.52. The van der Waals surface area contributed by atoms with E-state index in [1.54, 1.807) is 0 Å². The first-order valence-electron chi connectivity index (χ1n) is 6.23. The van der Waals surface area contributed by atoms with E-state index in [1.807, 2.05) is 0 Å². The van der Waals surface area contributed by atoms with Crippen LogP contribution in [0.2, 0.25) is 0 Å². The van der Waals surface area contributed by atoms with Gasteiger partial charge in [-0.05, 0) is 5.56 Å². The Bertz CT molecular complexity index is 520. The fourth-order valence-corrected chi connectivity index (χ4v) is 1.70. The summed E-state index contributed by atoms with van der Waals surface area (Å²) in [5.74, 6) is -12.1. The van der Waals surface area contributed by atoms with E-state index in [0.29, 0.717) is 0 Å². The zero-order valence-corrected chi connectivity index (χ0v) is 11.6. The third kappa shape index (κ3) is 4.99. The zero-order chi connectivity index (χ0) is 18.8. The van der Waals surface area contributed by atoms with Crippen LogP contribution in [-0.4, -0.2) is 30.8 Å². The molecule has 1 aromatic carbocycles. The Balaban J connectivity index is 3.08. The molecule has 1 unspecified atom stereocenters. The average Bonchev–Trinajstić information content (AvgIpc) is 2.42. The molecule has 0 fully saturated rings. The van der Waals surface area contributed by atoms with Gasteiger partial charge in [-0.3, -0.25) is 0 Å². The van der Waals surface area contributed by atoms with Crippen molar-refractivity contribution in [2.24, 2.45) is 0 Å². The minimum atomic E-state index is -6.57. The summed E-state index contributed by atoms with van der Waals surface area (Å²) in [6.45, 7) is -2.08. The summed E-state index contributed by atoms with van der Waals surface area (Å²) in [5, 5.41) is 0. The third-order valence-corrected chi connectivity index (χ3v) is 2.88. The Morgan fingerprint density at radius 1 is 0.792 bits per heavy atom. The quantitative estimate of drug-likeness (QED) is 0.597. The van der Waals surface area contributed by atoms with E-state index in [0.717, 1.165) is 12.1 Å². The molecule has 0 spiro atoms. The molecule has 1 nitrogen and oxygen atoms in total. The molecule has 1 atom stereocenters. The van der Waals surface area contributed by atoms with Crippen LogP contribution in [0.15, 0.2) is 30.3 Å². The highest BCUT2D eigenvalue weighted by atomic mass is 19.4. The number of hydrogen-bond donors (Lipinski definition) is 0. The van der Waals surface area contributed by atoms with Crippen molar-refractivity contribution in [2.75, 3.05) is 6.61 Å². The van der Waals surface area contributed by atoms with Gasteiger partial charge < -0.3 is 4.74 Å². The lowest BCUT2D eigenvalue weighted by Crippen LogP contribution is -2.52. The van der Waals surface area contributed by atoms with Gasteiger partial charge in [-0.15, -0.1) is 0 Å². The van der Waals surface area contributed by atoms with Gasteiger partial charge in [0.05, 0.1) is 6.10 Å². The molecule has 0 aromatic heterocycles. The first-order chi connectivity index (χ1) is 10.7. The Morgan fingerprint density at radius 3 is 1.71 bits per heavy atom. The molecule has 0 aliphatic rings. The molecule has 0 aliphatic carbocycles. The van der Waals surface area contributed by atoms with Crippen molar-refractivity contribution in [3.63, 3.8) is 0 Å². The van der Waals surface area contributed by atoms with E-state index in [4.69, 9.17) is 0 Å². The van der Waals surface area contributed by atoms with Crippen LogP contribution in [0.4, 0.5) is 43.9 Å². The van der Waals surface area contributed by atoms with E-state index >= 15 is 0 Å². The Morgan fingerprint density at radius 2 is 1.29 bits per heavy atom. The zero-order valence-electron chi connectivity index (χ0n) is 11.6. The van der Waals surface area contributed by atoms with Crippen molar-refractivity contribution in [2.45, 2.75) is 36.7 Å². The van der Waals surface area contributed by atoms with Crippen molar-refractivity contribution in [1.82, 2.24) is 0 Å². The number of alkyl halides is 10. The minimum Gasteiger partial charge on any atom is -0.364 e. The third-order valence-electron chi connectivity index (χ3n) is 2.88. The summed E-state index contributed by atoms with van der Waals surface area (Å²) >= 11 is 0. The molecule has 0 N–H and O–H groups in total. The van der Waals surface area contributed by atoms with Crippen LogP contribution >= 0.6 is 0 Å². The second-order valence-electron chi connectivity index (χ2n) is 4.81. The van der Waals surface area contributed by atoms with Crippen LogP contribution in [0.1, 0.15) is 18.1 Å². The molecule has 0 amide bonds. The van der Waals surface area contributed by atoms with E-state index in [1.165, 1.54) is 18.2 Å². The van der Waals surface area contributed by atoms with E-state index < -0.39 is 43.3 Å². The Labute approximate surface area is 129 Å². The highest BCUT2D eigenvalue weighted by Crippen LogP contribution is 2.50. The monoisotopic (exact) mass is 372 g/mol. The molecule has 0 heterocycles. The molecule has 0 aliphatic heterocycles. The van der Waals surface area contributed by atoms with E-state index in [9.17, 15) is 43.9 Å². The number of hydrogen-bond acceptors (Lipinski definition) is 1. The highest BCUT2D eigenvalue weighted by Gasteiger charge is 2.73. The largest absolute Gasteiger partial charge is 0.459 e. The van der Waals surface area contributed by atoms with Gasteiger partial charge in [0, 0.05) is 6.42 Å². The van der Waals surface area contributed by atoms with Gasteiger partial charge in [0.1, 0.15) is 6.61 Å². The maximum Gasteiger partial charge on any atom is 0.459 e. The smallest absolute Gasteiger partial charge is 0.364 e. The second kappa shape index (κ2) is 6.77. The fraction of sp³-hybridized carbons (Fsp3) is 0.538. The van der Waals surface area contributed by atoms with Crippen LogP contribution in [0, 0.1) is 0 Å². The predicted octanol–water partition coefficient (Wildman–Crippen LogP) is 5.53. The van der Waals surface area contributed by atoms with Crippen molar-refractivity contribution in [3.05, 3.63) is 35.9 Å². The molecular formula is C13H10F10O. The minimum absolute atomic E-state index is 0.389. The molecule has 1 aromatic rings. The number of rotatable bonds is 6. The lowest BCUT2D eigenvalue weighted by molar-refractivity contribution is -0.359. The standard InChI is InChI=1S/C13H10F10O/c14-10(15,12(19,20)13(21,22)23)6-9(24-7-11(16,17)18)8-4-2-1-3-5-8/h1-5,9H,6-7H2. The molecule has 0 saturated carbocycles. The molecule has 0 saturated heterocycles. The van der Waals surface area contributed by atoms with Crippen molar-refractivity contribution in [3.8, 4) is 0 Å². The van der Waals surface area contributed by atoms with Gasteiger partial charge in [0.2, 0.25) is 0 Å². The first kappa shape index (κ1) is 20.5. The molecule has 11 heteroatoms. The van der Waals surface area contributed by atoms with Gasteiger partial charge >= 0.3 is 24.2 Å². The lowest BCUT2D eigenvalue weighted by atomic mass is 9.98. The van der Waals surface area contributed by atoms with Gasteiger partial charge in [0.25, 0.3) is 0 Å². The summed E-state index contributed by atoms with van der Waals surface area (Å²) in [6, 6.07) is 5.65. The molecule has 1 rings (SSSR count). The van der Waals surface area contributed by atoms with Crippen LogP contribution < -0.4 is 0 Å². The predicted molar refractivity (Wildman–Crippen MR) is 61.8 cm³/mol. The first-order valence-corrected chi connectivity index (χ1v) is 6.23. The summed E-state index contributed by atoms with van der Waals surface area (Å²) < 4.78 is 130. The summed E-state index contributed by atoms with van der Waals surface area (Å²) in [5.41, 5.74) is -0.389.